The van der Waals surface area contributed by atoms with Crippen LogP contribution in [0.2, 0.25) is 0 Å². The summed E-state index contributed by atoms with van der Waals surface area (Å²) in [5, 5.41) is 2.80. The van der Waals surface area contributed by atoms with Crippen molar-refractivity contribution in [3.05, 3.63) is 55.0 Å². The second-order valence-electron chi connectivity index (χ2n) is 5.62. The average molecular weight is 237 g/mol. The third kappa shape index (κ3) is 1.84. The van der Waals surface area contributed by atoms with Gasteiger partial charge in [0.05, 0.1) is 0 Å². The molecule has 1 fully saturated rings. The summed E-state index contributed by atoms with van der Waals surface area (Å²) in [5.41, 5.74) is 1.87. The first-order valence-electron chi connectivity index (χ1n) is 7.13. The minimum absolute atomic E-state index is 0.332. The van der Waals surface area contributed by atoms with E-state index in [4.69, 9.17) is 0 Å². The van der Waals surface area contributed by atoms with Crippen molar-refractivity contribution in [3.8, 4) is 0 Å². The molecule has 0 atom stereocenters. The first-order valence-corrected chi connectivity index (χ1v) is 7.13. The smallest absolute Gasteiger partial charge is 0.00408 e. The molecule has 0 nitrogen and oxygen atoms in total. The van der Waals surface area contributed by atoms with Crippen LogP contribution in [0.25, 0.3) is 10.8 Å². The van der Waals surface area contributed by atoms with E-state index in [1.54, 1.807) is 0 Å². The zero-order chi connectivity index (χ0) is 12.4. The summed E-state index contributed by atoms with van der Waals surface area (Å²) in [6.45, 7) is 4.26. The fourth-order valence-corrected chi connectivity index (χ4v) is 3.57. The van der Waals surface area contributed by atoms with Gasteiger partial charge >= 0.3 is 0 Å². The molecule has 0 spiro atoms. The van der Waals surface area contributed by atoms with E-state index in [9.17, 15) is 0 Å². The minimum atomic E-state index is 0.332. The van der Waals surface area contributed by atoms with Crippen LogP contribution < -0.4 is 0 Å². The lowest BCUT2D eigenvalue weighted by molar-refractivity contribution is 0.296. The van der Waals surface area contributed by atoms with Gasteiger partial charge in [-0.15, -0.1) is 0 Å². The predicted molar refractivity (Wildman–Crippen MR) is 78.7 cm³/mol. The van der Waals surface area contributed by atoms with E-state index in [1.165, 1.54) is 48.4 Å². The maximum absolute atomic E-state index is 4.26. The van der Waals surface area contributed by atoms with Gasteiger partial charge in [0.25, 0.3) is 0 Å². The van der Waals surface area contributed by atoms with Crippen molar-refractivity contribution in [2.45, 2.75) is 43.9 Å². The van der Waals surface area contributed by atoms with Gasteiger partial charge in [-0.1, -0.05) is 68.7 Å². The summed E-state index contributed by atoms with van der Waals surface area (Å²) < 4.78 is 0. The van der Waals surface area contributed by atoms with Crippen LogP contribution in [0.5, 0.6) is 0 Å². The Kier molecular flexibility index (Phi) is 3.11. The van der Waals surface area contributed by atoms with Crippen molar-refractivity contribution >= 4 is 10.8 Å². The number of fused-ring (bicyclic) bond motifs is 1. The Hall–Kier alpha value is -1.30. The largest absolute Gasteiger partial charge is 0.0616 e. The molecule has 1 saturated carbocycles. The molecule has 1 aliphatic carbocycles. The van der Waals surface area contributed by atoms with Crippen LogP contribution in [0, 0.1) is 6.92 Å². The van der Waals surface area contributed by atoms with E-state index < -0.39 is 0 Å². The normalized spacial score (nSPS) is 18.9. The highest BCUT2D eigenvalue weighted by molar-refractivity contribution is 5.86. The van der Waals surface area contributed by atoms with Crippen molar-refractivity contribution in [1.29, 1.82) is 0 Å². The summed E-state index contributed by atoms with van der Waals surface area (Å²) in [4.78, 5) is 0. The molecule has 2 aromatic carbocycles. The Morgan fingerprint density at radius 3 is 2.39 bits per heavy atom. The molecule has 0 unspecified atom stereocenters. The van der Waals surface area contributed by atoms with Crippen LogP contribution in [0.1, 0.15) is 44.1 Å². The molecule has 0 saturated heterocycles. The Morgan fingerprint density at radius 1 is 0.889 bits per heavy atom. The average Bonchev–Trinajstić information content (AvgIpc) is 2.47. The molecule has 0 N–H and O–H groups in total. The molecule has 0 amide bonds. The van der Waals surface area contributed by atoms with E-state index in [2.05, 4.69) is 49.4 Å². The number of rotatable bonds is 2. The molecule has 0 bridgehead atoms. The first-order chi connectivity index (χ1) is 8.86. The molecule has 18 heavy (non-hydrogen) atoms. The summed E-state index contributed by atoms with van der Waals surface area (Å²) in [6.07, 6.45) is 7.76. The standard InChI is InChI=1S/C18H21/c1-2-18(13-6-3-7-14-18)17-12-8-10-15-9-4-5-11-16(15)17/h4-5,8-12H,1-3,6-7,13-14H2. The van der Waals surface area contributed by atoms with Crippen LogP contribution in [-0.4, -0.2) is 0 Å². The Balaban J connectivity index is 2.17. The third-order valence-corrected chi connectivity index (χ3v) is 4.65. The van der Waals surface area contributed by atoms with Gasteiger partial charge in [-0.05, 0) is 41.0 Å². The van der Waals surface area contributed by atoms with Gasteiger partial charge in [0.1, 0.15) is 0 Å². The Bertz CT molecular complexity index is 527. The highest BCUT2D eigenvalue weighted by Gasteiger charge is 2.32. The van der Waals surface area contributed by atoms with Crippen LogP contribution in [0.15, 0.2) is 42.5 Å². The molecule has 0 aromatic heterocycles. The predicted octanol–water partition coefficient (Wildman–Crippen LogP) is 5.27. The quantitative estimate of drug-likeness (QED) is 0.667. The molecule has 2 aromatic rings. The van der Waals surface area contributed by atoms with E-state index in [0.717, 1.165) is 6.42 Å². The van der Waals surface area contributed by atoms with Crippen molar-refractivity contribution in [1.82, 2.24) is 0 Å². The summed E-state index contributed by atoms with van der Waals surface area (Å²) in [5.74, 6) is 0. The van der Waals surface area contributed by atoms with Gasteiger partial charge in [0.2, 0.25) is 0 Å². The van der Waals surface area contributed by atoms with Gasteiger partial charge < -0.3 is 0 Å². The monoisotopic (exact) mass is 237 g/mol. The van der Waals surface area contributed by atoms with E-state index in [1.807, 2.05) is 0 Å². The zero-order valence-corrected chi connectivity index (χ0v) is 11.0. The van der Waals surface area contributed by atoms with Crippen LogP contribution in [-0.2, 0) is 5.41 Å². The van der Waals surface area contributed by atoms with Crippen molar-refractivity contribution < 1.29 is 0 Å². The van der Waals surface area contributed by atoms with Gasteiger partial charge in [-0.3, -0.25) is 0 Å². The van der Waals surface area contributed by atoms with Gasteiger partial charge in [-0.25, -0.2) is 0 Å². The molecular formula is C18H21. The lowest BCUT2D eigenvalue weighted by Crippen LogP contribution is -2.28. The van der Waals surface area contributed by atoms with Gasteiger partial charge in [-0.2, -0.15) is 0 Å². The molecule has 93 valence electrons. The lowest BCUT2D eigenvalue weighted by Gasteiger charge is -2.38. The van der Waals surface area contributed by atoms with Crippen LogP contribution >= 0.6 is 0 Å². The number of benzene rings is 2. The fraction of sp³-hybridized carbons (Fsp3) is 0.389. The Labute approximate surface area is 110 Å². The van der Waals surface area contributed by atoms with Crippen molar-refractivity contribution in [2.75, 3.05) is 0 Å². The van der Waals surface area contributed by atoms with Gasteiger partial charge in [0.15, 0.2) is 0 Å². The Morgan fingerprint density at radius 2 is 1.61 bits per heavy atom. The minimum Gasteiger partial charge on any atom is -0.0616 e. The van der Waals surface area contributed by atoms with Crippen molar-refractivity contribution in [3.63, 3.8) is 0 Å². The molecule has 1 radical (unpaired) electrons. The number of hydrogen-bond donors (Lipinski definition) is 0. The molecule has 3 rings (SSSR count). The first kappa shape index (κ1) is 11.8. The highest BCUT2D eigenvalue weighted by atomic mass is 14.4. The molecule has 0 aliphatic heterocycles. The molecule has 1 aliphatic rings. The molecule has 0 heterocycles. The van der Waals surface area contributed by atoms with E-state index in [-0.39, 0.29) is 0 Å². The summed E-state index contributed by atoms with van der Waals surface area (Å²) >= 11 is 0. The summed E-state index contributed by atoms with van der Waals surface area (Å²) in [6, 6.07) is 15.5. The third-order valence-electron chi connectivity index (χ3n) is 4.65. The maximum Gasteiger partial charge on any atom is -0.00408 e. The second-order valence-corrected chi connectivity index (χ2v) is 5.62. The van der Waals surface area contributed by atoms with Crippen molar-refractivity contribution in [2.24, 2.45) is 0 Å². The fourth-order valence-electron chi connectivity index (χ4n) is 3.57. The second kappa shape index (κ2) is 4.76. The van der Waals surface area contributed by atoms with E-state index >= 15 is 0 Å². The molecule has 0 heteroatoms. The zero-order valence-electron chi connectivity index (χ0n) is 11.0. The topological polar surface area (TPSA) is 0 Å². The SMILES string of the molecule is [CH2]CC1(c2cccc3ccccc23)CCCCC1. The molecular weight excluding hydrogens is 216 g/mol. The van der Waals surface area contributed by atoms with Gasteiger partial charge in [0, 0.05) is 0 Å². The highest BCUT2D eigenvalue weighted by Crippen LogP contribution is 2.44. The lowest BCUT2D eigenvalue weighted by atomic mass is 9.67. The van der Waals surface area contributed by atoms with E-state index in [0.29, 0.717) is 5.41 Å². The maximum atomic E-state index is 4.26. The summed E-state index contributed by atoms with van der Waals surface area (Å²) in [7, 11) is 0. The van der Waals surface area contributed by atoms with Crippen LogP contribution in [0.3, 0.4) is 0 Å². The number of hydrogen-bond acceptors (Lipinski definition) is 0. The van der Waals surface area contributed by atoms with Crippen LogP contribution in [0.4, 0.5) is 0 Å².